The first kappa shape index (κ1) is 13.9. The molecule has 1 atom stereocenters. The van der Waals surface area contributed by atoms with Crippen LogP contribution < -0.4 is 0 Å². The van der Waals surface area contributed by atoms with Gasteiger partial charge in [-0.05, 0) is 61.4 Å². The molecule has 3 rings (SSSR count). The number of carbonyl (C=O) groups is 1. The van der Waals surface area contributed by atoms with Crippen LogP contribution in [-0.4, -0.2) is 10.9 Å². The summed E-state index contributed by atoms with van der Waals surface area (Å²) < 4.78 is 0. The predicted molar refractivity (Wildman–Crippen MR) is 84.0 cm³/mol. The number of phenols is 1. The lowest BCUT2D eigenvalue weighted by atomic mass is 9.65. The molecule has 0 aromatic heterocycles. The highest BCUT2D eigenvalue weighted by atomic mass is 16.3. The summed E-state index contributed by atoms with van der Waals surface area (Å²) >= 11 is 0. The molecule has 0 bridgehead atoms. The maximum absolute atomic E-state index is 11.4. The van der Waals surface area contributed by atoms with Gasteiger partial charge in [-0.25, -0.2) is 0 Å². The summed E-state index contributed by atoms with van der Waals surface area (Å²) in [5, 5.41) is 9.36. The van der Waals surface area contributed by atoms with Gasteiger partial charge in [0.2, 0.25) is 0 Å². The largest absolute Gasteiger partial charge is 0.508 e. The maximum Gasteiger partial charge on any atom is 0.178 e. The van der Waals surface area contributed by atoms with Gasteiger partial charge in [0, 0.05) is 5.41 Å². The van der Waals surface area contributed by atoms with Crippen LogP contribution in [0.25, 0.3) is 0 Å². The van der Waals surface area contributed by atoms with Gasteiger partial charge in [0.15, 0.2) is 5.78 Å². The molecule has 2 aliphatic rings. The van der Waals surface area contributed by atoms with E-state index in [0.29, 0.717) is 11.7 Å². The fourth-order valence-corrected chi connectivity index (χ4v) is 3.60. The standard InChI is InChI=1S/C19H20O2/c1-14-10-16(11-15-2-4-17(20)5-3-15)13-19(12-14)8-6-18(21)7-9-19/h2-9,16,20H,1,10-13H2. The molecule has 1 fully saturated rings. The Morgan fingerprint density at radius 2 is 1.86 bits per heavy atom. The zero-order valence-corrected chi connectivity index (χ0v) is 12.1. The number of allylic oxidation sites excluding steroid dienone is 5. The molecule has 1 unspecified atom stereocenters. The first-order valence-corrected chi connectivity index (χ1v) is 7.42. The van der Waals surface area contributed by atoms with Crippen molar-refractivity contribution in [2.24, 2.45) is 11.3 Å². The lowest BCUT2D eigenvalue weighted by Gasteiger charge is -2.39. The molecule has 0 amide bonds. The summed E-state index contributed by atoms with van der Waals surface area (Å²) in [5.41, 5.74) is 2.47. The molecule has 0 saturated heterocycles. The minimum atomic E-state index is -0.0230. The number of benzene rings is 1. The first-order chi connectivity index (χ1) is 10.0. The van der Waals surface area contributed by atoms with Gasteiger partial charge in [0.1, 0.15) is 5.75 Å². The van der Waals surface area contributed by atoms with E-state index in [4.69, 9.17) is 0 Å². The van der Waals surface area contributed by atoms with Crippen molar-refractivity contribution in [3.63, 3.8) is 0 Å². The average molecular weight is 280 g/mol. The van der Waals surface area contributed by atoms with Gasteiger partial charge in [-0.3, -0.25) is 4.79 Å². The quantitative estimate of drug-likeness (QED) is 0.832. The number of phenolic OH excluding ortho intramolecular Hbond substituents is 1. The van der Waals surface area contributed by atoms with E-state index >= 15 is 0 Å². The summed E-state index contributed by atoms with van der Waals surface area (Å²) in [7, 11) is 0. The maximum atomic E-state index is 11.4. The number of hydrogen-bond donors (Lipinski definition) is 1. The minimum Gasteiger partial charge on any atom is -0.508 e. The molecule has 21 heavy (non-hydrogen) atoms. The van der Waals surface area contributed by atoms with Gasteiger partial charge < -0.3 is 5.11 Å². The van der Waals surface area contributed by atoms with Crippen molar-refractivity contribution in [2.75, 3.05) is 0 Å². The molecular weight excluding hydrogens is 260 g/mol. The summed E-state index contributed by atoms with van der Waals surface area (Å²) in [6, 6.07) is 7.44. The Balaban J connectivity index is 1.76. The van der Waals surface area contributed by atoms with Crippen LogP contribution in [-0.2, 0) is 11.2 Å². The summed E-state index contributed by atoms with van der Waals surface area (Å²) in [6.45, 7) is 4.20. The molecule has 0 radical (unpaired) electrons. The molecule has 0 heterocycles. The number of aromatic hydroxyl groups is 1. The van der Waals surface area contributed by atoms with Gasteiger partial charge >= 0.3 is 0 Å². The number of ketones is 1. The lowest BCUT2D eigenvalue weighted by Crippen LogP contribution is -2.29. The van der Waals surface area contributed by atoms with Crippen molar-refractivity contribution >= 4 is 5.78 Å². The van der Waals surface area contributed by atoms with Gasteiger partial charge in [0.25, 0.3) is 0 Å². The van der Waals surface area contributed by atoms with Crippen molar-refractivity contribution in [1.29, 1.82) is 0 Å². The van der Waals surface area contributed by atoms with E-state index in [1.807, 2.05) is 12.1 Å². The zero-order chi connectivity index (χ0) is 14.9. The molecule has 1 spiro atoms. The number of rotatable bonds is 2. The van der Waals surface area contributed by atoms with Crippen LogP contribution in [0.5, 0.6) is 5.75 Å². The van der Waals surface area contributed by atoms with Crippen LogP contribution >= 0.6 is 0 Å². The van der Waals surface area contributed by atoms with Crippen LogP contribution in [0.1, 0.15) is 24.8 Å². The van der Waals surface area contributed by atoms with E-state index in [1.54, 1.807) is 24.3 Å². The second-order valence-corrected chi connectivity index (χ2v) is 6.37. The highest BCUT2D eigenvalue weighted by Gasteiger charge is 2.35. The highest BCUT2D eigenvalue weighted by Crippen LogP contribution is 2.45. The highest BCUT2D eigenvalue weighted by molar-refractivity contribution is 6.00. The lowest BCUT2D eigenvalue weighted by molar-refractivity contribution is -0.110. The van der Waals surface area contributed by atoms with E-state index in [0.717, 1.165) is 25.7 Å². The Morgan fingerprint density at radius 3 is 2.52 bits per heavy atom. The molecule has 1 saturated carbocycles. The summed E-state index contributed by atoms with van der Waals surface area (Å²) in [6.07, 6.45) is 11.5. The van der Waals surface area contributed by atoms with Gasteiger partial charge in [-0.2, -0.15) is 0 Å². The molecule has 108 valence electrons. The Bertz CT molecular complexity index is 603. The van der Waals surface area contributed by atoms with Crippen molar-refractivity contribution < 1.29 is 9.90 Å². The molecule has 1 aromatic rings. The zero-order valence-electron chi connectivity index (χ0n) is 12.1. The monoisotopic (exact) mass is 280 g/mol. The van der Waals surface area contributed by atoms with Crippen LogP contribution in [0.2, 0.25) is 0 Å². The van der Waals surface area contributed by atoms with Crippen LogP contribution in [0.15, 0.2) is 60.7 Å². The molecule has 2 heteroatoms. The summed E-state index contributed by atoms with van der Waals surface area (Å²) in [5.74, 6) is 0.908. The van der Waals surface area contributed by atoms with E-state index in [-0.39, 0.29) is 11.2 Å². The van der Waals surface area contributed by atoms with E-state index in [2.05, 4.69) is 18.7 Å². The molecule has 1 N–H and O–H groups in total. The van der Waals surface area contributed by atoms with E-state index in [9.17, 15) is 9.90 Å². The molecule has 2 nitrogen and oxygen atoms in total. The van der Waals surface area contributed by atoms with Gasteiger partial charge in [-0.15, -0.1) is 0 Å². The second-order valence-electron chi connectivity index (χ2n) is 6.37. The minimum absolute atomic E-state index is 0.0230. The van der Waals surface area contributed by atoms with Crippen LogP contribution in [0.4, 0.5) is 0 Å². The SMILES string of the molecule is C=C1CC(Cc2ccc(O)cc2)CC2(C=CC(=O)C=C2)C1. The predicted octanol–water partition coefficient (Wildman–Crippen LogP) is 3.97. The molecule has 2 aliphatic carbocycles. The fraction of sp³-hybridized carbons (Fsp3) is 0.316. The third-order valence-electron chi connectivity index (χ3n) is 4.44. The molecular formula is C19H20O2. The smallest absolute Gasteiger partial charge is 0.178 e. The van der Waals surface area contributed by atoms with Gasteiger partial charge in [-0.1, -0.05) is 36.4 Å². The van der Waals surface area contributed by atoms with Crippen molar-refractivity contribution in [3.05, 3.63) is 66.3 Å². The normalized spacial score (nSPS) is 23.7. The first-order valence-electron chi connectivity index (χ1n) is 7.42. The van der Waals surface area contributed by atoms with Crippen molar-refractivity contribution in [3.8, 4) is 5.75 Å². The Morgan fingerprint density at radius 1 is 1.19 bits per heavy atom. The second kappa shape index (κ2) is 5.36. The van der Waals surface area contributed by atoms with Crippen molar-refractivity contribution in [1.82, 2.24) is 0 Å². The van der Waals surface area contributed by atoms with Gasteiger partial charge in [0.05, 0.1) is 0 Å². The summed E-state index contributed by atoms with van der Waals surface area (Å²) in [4.78, 5) is 11.4. The van der Waals surface area contributed by atoms with E-state index in [1.165, 1.54) is 11.1 Å². The molecule has 0 aliphatic heterocycles. The average Bonchev–Trinajstić information content (AvgIpc) is 2.44. The third-order valence-corrected chi connectivity index (χ3v) is 4.44. The fourth-order valence-electron chi connectivity index (χ4n) is 3.60. The molecule has 1 aromatic carbocycles. The third kappa shape index (κ3) is 3.15. The topological polar surface area (TPSA) is 37.3 Å². The number of carbonyl (C=O) groups excluding carboxylic acids is 1. The number of hydrogen-bond acceptors (Lipinski definition) is 2. The van der Waals surface area contributed by atoms with Crippen LogP contribution in [0, 0.1) is 11.3 Å². The van der Waals surface area contributed by atoms with Crippen molar-refractivity contribution in [2.45, 2.75) is 25.7 Å². The Labute approximate surface area is 125 Å². The Kier molecular flexibility index (Phi) is 3.54. The Hall–Kier alpha value is -2.09. The van der Waals surface area contributed by atoms with E-state index < -0.39 is 0 Å². The van der Waals surface area contributed by atoms with Crippen LogP contribution in [0.3, 0.4) is 0 Å².